The molecule has 0 unspecified atom stereocenters. The monoisotopic (exact) mass is 495 g/mol. The molecule has 0 saturated carbocycles. The van der Waals surface area contributed by atoms with Gasteiger partial charge in [-0.05, 0) is 48.6 Å². The molecule has 33 heavy (non-hydrogen) atoms. The highest BCUT2D eigenvalue weighted by molar-refractivity contribution is 7.89. The van der Waals surface area contributed by atoms with E-state index in [9.17, 15) is 21.6 Å². The quantitative estimate of drug-likeness (QED) is 0.418. The summed E-state index contributed by atoms with van der Waals surface area (Å²) in [6, 6.07) is 13.4. The molecule has 0 aliphatic rings. The first-order valence-electron chi connectivity index (χ1n) is 10.8. The SMILES string of the molecule is CC(C)NS(=O)(=O)Cc1ccc(CNC(=O)CCNS(=O)(=O)c2ccc(C(C)C)cc2)cc1. The van der Waals surface area contributed by atoms with E-state index in [1.165, 1.54) is 0 Å². The van der Waals surface area contributed by atoms with Gasteiger partial charge in [-0.3, -0.25) is 4.79 Å². The Morgan fingerprint density at radius 2 is 1.42 bits per heavy atom. The molecular formula is C23H33N3O5S2. The molecule has 0 aliphatic carbocycles. The summed E-state index contributed by atoms with van der Waals surface area (Å²) in [5.74, 6) is -0.0943. The Bertz CT molecular complexity index is 1130. The summed E-state index contributed by atoms with van der Waals surface area (Å²) in [6.07, 6.45) is 0.000502. The Kier molecular flexibility index (Phi) is 9.59. The van der Waals surface area contributed by atoms with Gasteiger partial charge in [0.2, 0.25) is 26.0 Å². The van der Waals surface area contributed by atoms with Crippen LogP contribution in [0.1, 0.15) is 56.7 Å². The number of carbonyl (C=O) groups excluding carboxylic acids is 1. The molecule has 0 aromatic heterocycles. The highest BCUT2D eigenvalue weighted by atomic mass is 32.2. The summed E-state index contributed by atoms with van der Waals surface area (Å²) in [7, 11) is -7.07. The van der Waals surface area contributed by atoms with Crippen LogP contribution in [-0.4, -0.2) is 35.3 Å². The van der Waals surface area contributed by atoms with E-state index < -0.39 is 20.0 Å². The Morgan fingerprint density at radius 3 is 1.97 bits per heavy atom. The van der Waals surface area contributed by atoms with Crippen molar-refractivity contribution in [3.05, 3.63) is 65.2 Å². The molecule has 8 nitrogen and oxygen atoms in total. The molecular weight excluding hydrogens is 462 g/mol. The molecule has 0 radical (unpaired) electrons. The van der Waals surface area contributed by atoms with Gasteiger partial charge in [0.1, 0.15) is 0 Å². The van der Waals surface area contributed by atoms with Crippen LogP contribution in [0.25, 0.3) is 0 Å². The van der Waals surface area contributed by atoms with E-state index >= 15 is 0 Å². The maximum absolute atomic E-state index is 12.4. The molecule has 1 amide bonds. The summed E-state index contributed by atoms with van der Waals surface area (Å²) >= 11 is 0. The third-order valence-electron chi connectivity index (χ3n) is 4.79. The molecule has 0 atom stereocenters. The second-order valence-electron chi connectivity index (χ2n) is 8.50. The lowest BCUT2D eigenvalue weighted by Crippen LogP contribution is -2.31. The van der Waals surface area contributed by atoms with Crippen LogP contribution < -0.4 is 14.8 Å². The van der Waals surface area contributed by atoms with Crippen molar-refractivity contribution in [3.8, 4) is 0 Å². The van der Waals surface area contributed by atoms with Gasteiger partial charge in [0.05, 0.1) is 10.6 Å². The smallest absolute Gasteiger partial charge is 0.240 e. The fourth-order valence-corrected chi connectivity index (χ4v) is 5.54. The summed E-state index contributed by atoms with van der Waals surface area (Å²) in [5.41, 5.74) is 2.51. The van der Waals surface area contributed by atoms with Crippen molar-refractivity contribution < 1.29 is 21.6 Å². The number of rotatable bonds is 12. The van der Waals surface area contributed by atoms with Crippen molar-refractivity contribution in [2.45, 2.75) is 63.3 Å². The summed E-state index contributed by atoms with van der Waals surface area (Å²) in [6.45, 7) is 7.84. The molecule has 0 saturated heterocycles. The topological polar surface area (TPSA) is 121 Å². The molecule has 3 N–H and O–H groups in total. The average Bonchev–Trinajstić information content (AvgIpc) is 2.72. The highest BCUT2D eigenvalue weighted by Crippen LogP contribution is 2.17. The van der Waals surface area contributed by atoms with Crippen molar-refractivity contribution in [2.75, 3.05) is 6.54 Å². The number of carbonyl (C=O) groups is 1. The van der Waals surface area contributed by atoms with Crippen molar-refractivity contribution in [1.29, 1.82) is 0 Å². The first kappa shape index (κ1) is 27.0. The Balaban J connectivity index is 1.78. The third kappa shape index (κ3) is 9.24. The number of nitrogens with one attached hydrogen (secondary N) is 3. The van der Waals surface area contributed by atoms with E-state index in [0.717, 1.165) is 11.1 Å². The van der Waals surface area contributed by atoms with Gasteiger partial charge >= 0.3 is 0 Å². The Hall–Kier alpha value is -2.27. The van der Waals surface area contributed by atoms with Gasteiger partial charge in [-0.2, -0.15) is 0 Å². The predicted molar refractivity (Wildman–Crippen MR) is 130 cm³/mol. The van der Waals surface area contributed by atoms with Gasteiger partial charge in [0, 0.05) is 25.6 Å². The molecule has 10 heteroatoms. The molecule has 2 aromatic carbocycles. The molecule has 0 fully saturated rings. The van der Waals surface area contributed by atoms with E-state index in [-0.39, 0.29) is 42.1 Å². The predicted octanol–water partition coefficient (Wildman–Crippen LogP) is 2.62. The summed E-state index contributed by atoms with van der Waals surface area (Å²) < 4.78 is 53.7. The highest BCUT2D eigenvalue weighted by Gasteiger charge is 2.15. The minimum Gasteiger partial charge on any atom is -0.352 e. The lowest BCUT2D eigenvalue weighted by Gasteiger charge is -2.11. The second-order valence-corrected chi connectivity index (χ2v) is 12.0. The normalized spacial score (nSPS) is 12.3. The van der Waals surface area contributed by atoms with Gasteiger partial charge < -0.3 is 5.32 Å². The van der Waals surface area contributed by atoms with Crippen LogP contribution in [-0.2, 0) is 37.1 Å². The second kappa shape index (κ2) is 11.7. The first-order valence-corrected chi connectivity index (χ1v) is 14.0. The van der Waals surface area contributed by atoms with E-state index in [2.05, 4.69) is 14.8 Å². The van der Waals surface area contributed by atoms with Gasteiger partial charge in [-0.1, -0.05) is 50.2 Å². The fraction of sp³-hybridized carbons (Fsp3) is 0.435. The Morgan fingerprint density at radius 1 is 0.848 bits per heavy atom. The van der Waals surface area contributed by atoms with E-state index in [4.69, 9.17) is 0 Å². The van der Waals surface area contributed by atoms with Crippen LogP contribution in [0, 0.1) is 0 Å². The lowest BCUT2D eigenvalue weighted by atomic mass is 10.0. The van der Waals surface area contributed by atoms with Gasteiger partial charge in [0.15, 0.2) is 0 Å². The van der Waals surface area contributed by atoms with Crippen LogP contribution in [0.5, 0.6) is 0 Å². The standard InChI is InChI=1S/C23H33N3O5S2/c1-17(2)21-9-11-22(12-10-21)33(30,31)25-14-13-23(27)24-15-19-5-7-20(8-6-19)16-32(28,29)26-18(3)4/h5-12,17-18,25-26H,13-16H2,1-4H3,(H,24,27). The van der Waals surface area contributed by atoms with E-state index in [1.807, 2.05) is 13.8 Å². The van der Waals surface area contributed by atoms with Crippen LogP contribution >= 0.6 is 0 Å². The number of hydrogen-bond donors (Lipinski definition) is 3. The number of hydrogen-bond acceptors (Lipinski definition) is 5. The molecule has 0 heterocycles. The van der Waals surface area contributed by atoms with Crippen LogP contribution in [0.2, 0.25) is 0 Å². The summed E-state index contributed by atoms with van der Waals surface area (Å²) in [5, 5.41) is 2.73. The molecule has 0 aliphatic heterocycles. The molecule has 0 spiro atoms. The van der Waals surface area contributed by atoms with Gasteiger partial charge in [-0.15, -0.1) is 0 Å². The largest absolute Gasteiger partial charge is 0.352 e. The fourth-order valence-electron chi connectivity index (χ4n) is 3.08. The number of benzene rings is 2. The number of sulfonamides is 2. The first-order chi connectivity index (χ1) is 15.4. The zero-order chi connectivity index (χ0) is 24.6. The minimum atomic E-state index is -3.68. The van der Waals surface area contributed by atoms with Gasteiger partial charge in [-0.25, -0.2) is 26.3 Å². The van der Waals surface area contributed by atoms with Crippen molar-refractivity contribution in [2.24, 2.45) is 0 Å². The summed E-state index contributed by atoms with van der Waals surface area (Å²) in [4.78, 5) is 12.2. The number of amides is 1. The maximum atomic E-state index is 12.4. The van der Waals surface area contributed by atoms with Crippen molar-refractivity contribution in [1.82, 2.24) is 14.8 Å². The zero-order valence-corrected chi connectivity index (χ0v) is 21.1. The zero-order valence-electron chi connectivity index (χ0n) is 19.5. The molecule has 182 valence electrons. The van der Waals surface area contributed by atoms with Crippen molar-refractivity contribution >= 4 is 26.0 Å². The maximum Gasteiger partial charge on any atom is 0.240 e. The minimum absolute atomic E-state index is 0.000502. The van der Waals surface area contributed by atoms with E-state index in [0.29, 0.717) is 11.5 Å². The van der Waals surface area contributed by atoms with Crippen LogP contribution in [0.15, 0.2) is 53.4 Å². The van der Waals surface area contributed by atoms with Crippen molar-refractivity contribution in [3.63, 3.8) is 0 Å². The van der Waals surface area contributed by atoms with Crippen LogP contribution in [0.3, 0.4) is 0 Å². The van der Waals surface area contributed by atoms with E-state index in [1.54, 1.807) is 62.4 Å². The van der Waals surface area contributed by atoms with Gasteiger partial charge in [0.25, 0.3) is 0 Å². The molecule has 2 rings (SSSR count). The Labute approximate surface area is 197 Å². The lowest BCUT2D eigenvalue weighted by molar-refractivity contribution is -0.121. The third-order valence-corrected chi connectivity index (χ3v) is 7.81. The molecule has 0 bridgehead atoms. The average molecular weight is 496 g/mol. The van der Waals surface area contributed by atoms with Crippen LogP contribution in [0.4, 0.5) is 0 Å². The molecule has 2 aromatic rings.